The van der Waals surface area contributed by atoms with Gasteiger partial charge in [-0.25, -0.2) is 4.79 Å². The minimum atomic E-state index is -0.454. The predicted octanol–water partition coefficient (Wildman–Crippen LogP) is 3.13. The number of amides is 1. The van der Waals surface area contributed by atoms with E-state index in [0.29, 0.717) is 14.7 Å². The fourth-order valence-electron chi connectivity index (χ4n) is 1.57. The van der Waals surface area contributed by atoms with Crippen molar-refractivity contribution < 1.29 is 19.4 Å². The number of cyclic esters (lactones) is 1. The third kappa shape index (κ3) is 2.67. The van der Waals surface area contributed by atoms with Gasteiger partial charge in [0.1, 0.15) is 6.61 Å². The fraction of sp³-hybridized carbons (Fsp3) is 0.300. The number of carbonyl (C=O) groups is 1. The third-order valence-corrected chi connectivity index (χ3v) is 4.60. The smallest absolute Gasteiger partial charge is 0.407 e. The normalized spacial score (nSPS) is 17.7. The molecule has 100 valence electrons. The number of hydrogen-bond donors (Lipinski definition) is 2. The van der Waals surface area contributed by atoms with Crippen LogP contribution < -0.4 is 10.1 Å². The van der Waals surface area contributed by atoms with Crippen LogP contribution in [-0.2, 0) is 4.74 Å². The number of nitrogens with one attached hydrogen (secondary N) is 1. The van der Waals surface area contributed by atoms with Crippen LogP contribution in [0.15, 0.2) is 15.0 Å². The van der Waals surface area contributed by atoms with Crippen LogP contribution in [0, 0.1) is 0 Å². The number of hydrogen-bond acceptors (Lipinski definition) is 4. The number of benzene rings is 1. The summed E-state index contributed by atoms with van der Waals surface area (Å²) in [5, 5.41) is 12.4. The first-order chi connectivity index (χ1) is 8.04. The Morgan fingerprint density at radius 1 is 1.50 bits per heavy atom. The van der Waals surface area contributed by atoms with E-state index in [1.165, 1.54) is 7.11 Å². The van der Waals surface area contributed by atoms with Gasteiger partial charge in [-0.05, 0) is 43.5 Å². The molecule has 1 aliphatic heterocycles. The molecule has 1 saturated heterocycles. The van der Waals surface area contributed by atoms with E-state index in [1.807, 2.05) is 0 Å². The standard InChI is InChI=1S/C10H9Br2NO4.ClH/c1-16-6-2-4(5-3-17-10(15)13-5)7(11)8(12)9(6)14;/h2,5,14H,3H2,1H3,(H,13,15);1H/t5-;/m0./s1. The van der Waals surface area contributed by atoms with Gasteiger partial charge in [-0.1, -0.05) is 0 Å². The molecule has 2 N–H and O–H groups in total. The molecule has 0 radical (unpaired) electrons. The Balaban J connectivity index is 0.00000162. The van der Waals surface area contributed by atoms with Crippen molar-refractivity contribution in [1.29, 1.82) is 0 Å². The van der Waals surface area contributed by atoms with E-state index < -0.39 is 6.09 Å². The average Bonchev–Trinajstić information content (AvgIpc) is 2.73. The highest BCUT2D eigenvalue weighted by molar-refractivity contribution is 9.13. The summed E-state index contributed by atoms with van der Waals surface area (Å²) in [6, 6.07) is 1.40. The highest BCUT2D eigenvalue weighted by atomic mass is 79.9. The molecule has 1 heterocycles. The summed E-state index contributed by atoms with van der Waals surface area (Å²) in [5.41, 5.74) is 0.775. The van der Waals surface area contributed by atoms with E-state index in [0.717, 1.165) is 5.56 Å². The van der Waals surface area contributed by atoms with Crippen LogP contribution in [0.3, 0.4) is 0 Å². The molecule has 8 heteroatoms. The Morgan fingerprint density at radius 2 is 2.17 bits per heavy atom. The van der Waals surface area contributed by atoms with Crippen LogP contribution in [0.2, 0.25) is 0 Å². The first-order valence-corrected chi connectivity index (χ1v) is 6.31. The molecule has 1 aromatic carbocycles. The van der Waals surface area contributed by atoms with Crippen molar-refractivity contribution >= 4 is 50.4 Å². The molecule has 1 aromatic rings. The average molecular weight is 403 g/mol. The Bertz CT molecular complexity index is 483. The lowest BCUT2D eigenvalue weighted by Gasteiger charge is -2.15. The van der Waals surface area contributed by atoms with Crippen LogP contribution in [-0.4, -0.2) is 24.9 Å². The maximum Gasteiger partial charge on any atom is 0.407 e. The van der Waals surface area contributed by atoms with Gasteiger partial charge in [0.05, 0.1) is 17.6 Å². The molecule has 1 amide bonds. The Hall–Kier alpha value is -0.660. The van der Waals surface area contributed by atoms with E-state index in [9.17, 15) is 9.90 Å². The second-order valence-electron chi connectivity index (χ2n) is 3.44. The number of ether oxygens (including phenoxy) is 2. The summed E-state index contributed by atoms with van der Waals surface area (Å²) in [6.45, 7) is 0.248. The molecule has 1 atom stereocenters. The molecule has 0 spiro atoms. The van der Waals surface area contributed by atoms with Crippen LogP contribution in [0.25, 0.3) is 0 Å². The molecule has 0 bridgehead atoms. The quantitative estimate of drug-likeness (QED) is 0.796. The van der Waals surface area contributed by atoms with Crippen molar-refractivity contribution in [3.05, 3.63) is 20.6 Å². The second-order valence-corrected chi connectivity index (χ2v) is 5.03. The lowest BCUT2D eigenvalue weighted by molar-refractivity contribution is 0.177. The van der Waals surface area contributed by atoms with E-state index in [-0.39, 0.29) is 30.8 Å². The monoisotopic (exact) mass is 401 g/mol. The zero-order chi connectivity index (χ0) is 12.6. The van der Waals surface area contributed by atoms with Crippen molar-refractivity contribution in [2.24, 2.45) is 0 Å². The van der Waals surface area contributed by atoms with E-state index in [1.54, 1.807) is 6.07 Å². The zero-order valence-corrected chi connectivity index (χ0v) is 13.2. The lowest BCUT2D eigenvalue weighted by atomic mass is 10.1. The highest BCUT2D eigenvalue weighted by Gasteiger charge is 2.28. The molecule has 0 unspecified atom stereocenters. The second kappa shape index (κ2) is 5.99. The molecule has 18 heavy (non-hydrogen) atoms. The minimum absolute atomic E-state index is 0. The molecule has 0 aromatic heterocycles. The van der Waals surface area contributed by atoms with Crippen molar-refractivity contribution in [2.75, 3.05) is 13.7 Å². The molecular formula is C10H10Br2ClNO4. The van der Waals surface area contributed by atoms with Gasteiger partial charge >= 0.3 is 6.09 Å². The molecule has 0 aliphatic carbocycles. The Kier molecular flexibility index (Phi) is 5.12. The Labute approximate surface area is 127 Å². The summed E-state index contributed by atoms with van der Waals surface area (Å²) in [7, 11) is 1.46. The zero-order valence-electron chi connectivity index (χ0n) is 9.20. The van der Waals surface area contributed by atoms with Gasteiger partial charge in [0, 0.05) is 4.47 Å². The van der Waals surface area contributed by atoms with Gasteiger partial charge in [0.15, 0.2) is 11.5 Å². The number of methoxy groups -OCH3 is 1. The fourth-order valence-corrected chi connectivity index (χ4v) is 2.58. The maximum atomic E-state index is 11.0. The van der Waals surface area contributed by atoms with Gasteiger partial charge in [0.2, 0.25) is 0 Å². The minimum Gasteiger partial charge on any atom is -0.503 e. The van der Waals surface area contributed by atoms with Gasteiger partial charge in [-0.15, -0.1) is 12.4 Å². The third-order valence-electron chi connectivity index (χ3n) is 2.44. The maximum absolute atomic E-state index is 11.0. The summed E-state index contributed by atoms with van der Waals surface area (Å²) in [6.07, 6.45) is -0.454. The first-order valence-electron chi connectivity index (χ1n) is 4.72. The van der Waals surface area contributed by atoms with Crippen molar-refractivity contribution in [2.45, 2.75) is 6.04 Å². The highest BCUT2D eigenvalue weighted by Crippen LogP contribution is 2.43. The lowest BCUT2D eigenvalue weighted by Crippen LogP contribution is -2.18. The molecule has 1 fully saturated rings. The topological polar surface area (TPSA) is 67.8 Å². The van der Waals surface area contributed by atoms with Gasteiger partial charge < -0.3 is 19.9 Å². The number of phenols is 1. The summed E-state index contributed by atoms with van der Waals surface area (Å²) in [5.74, 6) is 0.338. The van der Waals surface area contributed by atoms with E-state index >= 15 is 0 Å². The molecule has 2 rings (SSSR count). The number of aromatic hydroxyl groups is 1. The number of halogens is 3. The number of carbonyl (C=O) groups excluding carboxylic acids is 1. The predicted molar refractivity (Wildman–Crippen MR) is 74.5 cm³/mol. The van der Waals surface area contributed by atoms with Crippen LogP contribution in [0.5, 0.6) is 11.5 Å². The summed E-state index contributed by atoms with van der Waals surface area (Å²) in [4.78, 5) is 11.0. The Morgan fingerprint density at radius 3 is 2.67 bits per heavy atom. The van der Waals surface area contributed by atoms with Crippen molar-refractivity contribution in [3.63, 3.8) is 0 Å². The largest absolute Gasteiger partial charge is 0.503 e. The number of alkyl carbamates (subject to hydrolysis) is 1. The SMILES string of the molecule is COc1cc([C@@H]2COC(=O)N2)c(Br)c(Br)c1O.Cl. The van der Waals surface area contributed by atoms with Crippen molar-refractivity contribution in [1.82, 2.24) is 5.32 Å². The van der Waals surface area contributed by atoms with Gasteiger partial charge in [-0.3, -0.25) is 0 Å². The van der Waals surface area contributed by atoms with E-state index in [2.05, 4.69) is 37.2 Å². The van der Waals surface area contributed by atoms with Crippen molar-refractivity contribution in [3.8, 4) is 11.5 Å². The molecule has 5 nitrogen and oxygen atoms in total. The molecule has 1 aliphatic rings. The number of phenolic OH excluding ortho intramolecular Hbond substituents is 1. The summed E-state index contributed by atoms with van der Waals surface area (Å²) < 4.78 is 11.0. The van der Waals surface area contributed by atoms with Gasteiger partial charge in [-0.2, -0.15) is 0 Å². The molecular weight excluding hydrogens is 393 g/mol. The van der Waals surface area contributed by atoms with Crippen LogP contribution in [0.4, 0.5) is 4.79 Å². The van der Waals surface area contributed by atoms with Crippen LogP contribution in [0.1, 0.15) is 11.6 Å². The summed E-state index contributed by atoms with van der Waals surface area (Å²) >= 11 is 6.61. The molecule has 0 saturated carbocycles. The van der Waals surface area contributed by atoms with Gasteiger partial charge in [0.25, 0.3) is 0 Å². The number of rotatable bonds is 2. The first kappa shape index (κ1) is 15.4. The van der Waals surface area contributed by atoms with Crippen LogP contribution >= 0.6 is 44.3 Å². The van der Waals surface area contributed by atoms with E-state index in [4.69, 9.17) is 9.47 Å².